The SMILES string of the molecule is CCCNCC(CCC)Cc1ccc(Cl)cc1. The lowest BCUT2D eigenvalue weighted by Gasteiger charge is -2.17. The van der Waals surface area contributed by atoms with Crippen LogP contribution in [0, 0.1) is 5.92 Å². The van der Waals surface area contributed by atoms with Gasteiger partial charge in [-0.15, -0.1) is 0 Å². The summed E-state index contributed by atoms with van der Waals surface area (Å²) in [7, 11) is 0. The van der Waals surface area contributed by atoms with Gasteiger partial charge in [0.15, 0.2) is 0 Å². The minimum Gasteiger partial charge on any atom is -0.316 e. The van der Waals surface area contributed by atoms with Crippen LogP contribution >= 0.6 is 11.6 Å². The summed E-state index contributed by atoms with van der Waals surface area (Å²) in [5, 5.41) is 4.35. The van der Waals surface area contributed by atoms with Crippen LogP contribution < -0.4 is 5.32 Å². The zero-order valence-electron chi connectivity index (χ0n) is 11.0. The molecule has 0 aliphatic heterocycles. The van der Waals surface area contributed by atoms with E-state index in [0.717, 1.165) is 30.5 Å². The van der Waals surface area contributed by atoms with E-state index < -0.39 is 0 Å². The van der Waals surface area contributed by atoms with Crippen LogP contribution in [0.5, 0.6) is 0 Å². The first-order chi connectivity index (χ1) is 8.26. The molecule has 17 heavy (non-hydrogen) atoms. The highest BCUT2D eigenvalue weighted by molar-refractivity contribution is 6.30. The molecule has 0 saturated heterocycles. The number of benzene rings is 1. The van der Waals surface area contributed by atoms with Gasteiger partial charge in [-0.3, -0.25) is 0 Å². The molecule has 1 atom stereocenters. The molecule has 0 bridgehead atoms. The largest absolute Gasteiger partial charge is 0.316 e. The minimum absolute atomic E-state index is 0.743. The molecule has 0 aliphatic rings. The molecule has 1 aromatic carbocycles. The van der Waals surface area contributed by atoms with Crippen LogP contribution in [0.25, 0.3) is 0 Å². The fourth-order valence-electron chi connectivity index (χ4n) is 2.12. The molecule has 1 nitrogen and oxygen atoms in total. The Kier molecular flexibility index (Phi) is 7.30. The summed E-state index contributed by atoms with van der Waals surface area (Å²) in [6.45, 7) is 6.72. The van der Waals surface area contributed by atoms with Crippen molar-refractivity contribution in [3.63, 3.8) is 0 Å². The van der Waals surface area contributed by atoms with Gasteiger partial charge in [-0.1, -0.05) is 44.0 Å². The normalized spacial score (nSPS) is 12.6. The van der Waals surface area contributed by atoms with Crippen LogP contribution in [0.15, 0.2) is 24.3 Å². The Labute approximate surface area is 111 Å². The molecule has 0 radical (unpaired) electrons. The summed E-state index contributed by atoms with van der Waals surface area (Å²) in [4.78, 5) is 0. The fraction of sp³-hybridized carbons (Fsp3) is 0.600. The fourth-order valence-corrected chi connectivity index (χ4v) is 2.25. The Bertz CT molecular complexity index is 294. The third-order valence-corrected chi connectivity index (χ3v) is 3.25. The van der Waals surface area contributed by atoms with Crippen molar-refractivity contribution in [3.8, 4) is 0 Å². The number of hydrogen-bond acceptors (Lipinski definition) is 1. The van der Waals surface area contributed by atoms with Crippen LogP contribution in [0.2, 0.25) is 5.02 Å². The average Bonchev–Trinajstić information content (AvgIpc) is 2.32. The van der Waals surface area contributed by atoms with Crippen LogP contribution in [0.3, 0.4) is 0 Å². The smallest absolute Gasteiger partial charge is 0.0406 e. The quantitative estimate of drug-likeness (QED) is 0.682. The van der Waals surface area contributed by atoms with E-state index in [1.165, 1.54) is 24.8 Å². The summed E-state index contributed by atoms with van der Waals surface area (Å²) in [5.74, 6) is 0.743. The monoisotopic (exact) mass is 253 g/mol. The highest BCUT2D eigenvalue weighted by Gasteiger charge is 2.08. The molecule has 0 fully saturated rings. The Morgan fingerprint density at radius 2 is 1.82 bits per heavy atom. The van der Waals surface area contributed by atoms with E-state index in [-0.39, 0.29) is 0 Å². The van der Waals surface area contributed by atoms with Crippen LogP contribution in [0.1, 0.15) is 38.7 Å². The molecule has 0 spiro atoms. The van der Waals surface area contributed by atoms with Crippen molar-refractivity contribution >= 4 is 11.6 Å². The van der Waals surface area contributed by atoms with E-state index in [9.17, 15) is 0 Å². The zero-order chi connectivity index (χ0) is 12.5. The van der Waals surface area contributed by atoms with Gasteiger partial charge in [0.1, 0.15) is 0 Å². The molecular weight excluding hydrogens is 230 g/mol. The first kappa shape index (κ1) is 14.5. The Morgan fingerprint density at radius 3 is 2.41 bits per heavy atom. The van der Waals surface area contributed by atoms with Gasteiger partial charge in [-0.25, -0.2) is 0 Å². The predicted octanol–water partition coefficient (Wildman–Crippen LogP) is 4.30. The summed E-state index contributed by atoms with van der Waals surface area (Å²) in [6, 6.07) is 8.26. The maximum atomic E-state index is 5.90. The van der Waals surface area contributed by atoms with Gasteiger partial charge in [-0.2, -0.15) is 0 Å². The standard InChI is InChI=1S/C15H24ClN/c1-3-5-14(12-17-10-4-2)11-13-6-8-15(16)9-7-13/h6-9,14,17H,3-5,10-12H2,1-2H3. The van der Waals surface area contributed by atoms with Crippen molar-refractivity contribution in [2.45, 2.75) is 39.5 Å². The molecular formula is C15H24ClN. The van der Waals surface area contributed by atoms with Gasteiger partial charge in [0, 0.05) is 5.02 Å². The van der Waals surface area contributed by atoms with Crippen LogP contribution in [-0.2, 0) is 6.42 Å². The summed E-state index contributed by atoms with van der Waals surface area (Å²) < 4.78 is 0. The molecule has 2 heteroatoms. The summed E-state index contributed by atoms with van der Waals surface area (Å²) >= 11 is 5.90. The Hall–Kier alpha value is -0.530. The number of rotatable bonds is 8. The second-order valence-corrected chi connectivity index (χ2v) is 5.13. The van der Waals surface area contributed by atoms with Gasteiger partial charge in [0.25, 0.3) is 0 Å². The van der Waals surface area contributed by atoms with E-state index >= 15 is 0 Å². The molecule has 1 rings (SSSR count). The number of nitrogens with one attached hydrogen (secondary N) is 1. The lowest BCUT2D eigenvalue weighted by molar-refractivity contribution is 0.439. The third kappa shape index (κ3) is 6.09. The number of hydrogen-bond donors (Lipinski definition) is 1. The first-order valence-corrected chi connectivity index (χ1v) is 7.09. The predicted molar refractivity (Wildman–Crippen MR) is 76.7 cm³/mol. The highest BCUT2D eigenvalue weighted by atomic mass is 35.5. The van der Waals surface area contributed by atoms with E-state index in [1.54, 1.807) is 0 Å². The van der Waals surface area contributed by atoms with Crippen molar-refractivity contribution < 1.29 is 0 Å². The third-order valence-electron chi connectivity index (χ3n) is 2.99. The second kappa shape index (κ2) is 8.54. The molecule has 0 saturated carbocycles. The molecule has 1 unspecified atom stereocenters. The maximum absolute atomic E-state index is 5.90. The van der Waals surface area contributed by atoms with E-state index in [2.05, 4.69) is 31.3 Å². The van der Waals surface area contributed by atoms with Gasteiger partial charge in [0.05, 0.1) is 0 Å². The second-order valence-electron chi connectivity index (χ2n) is 4.69. The first-order valence-electron chi connectivity index (χ1n) is 6.71. The zero-order valence-corrected chi connectivity index (χ0v) is 11.8. The van der Waals surface area contributed by atoms with Crippen LogP contribution in [-0.4, -0.2) is 13.1 Å². The van der Waals surface area contributed by atoms with Gasteiger partial charge < -0.3 is 5.32 Å². The molecule has 0 amide bonds. The molecule has 1 N–H and O–H groups in total. The molecule has 1 aromatic rings. The van der Waals surface area contributed by atoms with Crippen molar-refractivity contribution in [1.29, 1.82) is 0 Å². The summed E-state index contributed by atoms with van der Waals surface area (Å²) in [6.07, 6.45) is 4.91. The molecule has 96 valence electrons. The lowest BCUT2D eigenvalue weighted by atomic mass is 9.95. The topological polar surface area (TPSA) is 12.0 Å². The van der Waals surface area contributed by atoms with Crippen molar-refractivity contribution in [1.82, 2.24) is 5.32 Å². The number of halogens is 1. The molecule has 0 aliphatic carbocycles. The Morgan fingerprint density at radius 1 is 1.12 bits per heavy atom. The average molecular weight is 254 g/mol. The Balaban J connectivity index is 2.44. The van der Waals surface area contributed by atoms with Gasteiger partial charge >= 0.3 is 0 Å². The molecule has 0 aromatic heterocycles. The minimum atomic E-state index is 0.743. The van der Waals surface area contributed by atoms with Crippen molar-refractivity contribution in [3.05, 3.63) is 34.9 Å². The highest BCUT2D eigenvalue weighted by Crippen LogP contribution is 2.16. The van der Waals surface area contributed by atoms with E-state index in [4.69, 9.17) is 11.6 Å². The van der Waals surface area contributed by atoms with Gasteiger partial charge in [-0.05, 0) is 56.0 Å². The molecule has 0 heterocycles. The lowest BCUT2D eigenvalue weighted by Crippen LogP contribution is -2.24. The van der Waals surface area contributed by atoms with E-state index in [1.807, 2.05) is 12.1 Å². The van der Waals surface area contributed by atoms with Crippen molar-refractivity contribution in [2.24, 2.45) is 5.92 Å². The van der Waals surface area contributed by atoms with Crippen molar-refractivity contribution in [2.75, 3.05) is 13.1 Å². The van der Waals surface area contributed by atoms with Crippen LogP contribution in [0.4, 0.5) is 0 Å². The van der Waals surface area contributed by atoms with Gasteiger partial charge in [0.2, 0.25) is 0 Å². The maximum Gasteiger partial charge on any atom is 0.0406 e. The summed E-state index contributed by atoms with van der Waals surface area (Å²) in [5.41, 5.74) is 1.39. The van der Waals surface area contributed by atoms with E-state index in [0.29, 0.717) is 0 Å².